The molecule has 0 saturated carbocycles. The largest absolute Gasteiger partial charge is 0.493 e. The number of aliphatic hydroxyl groups excluding tert-OH is 1. The molecular formula is C14H21NO4. The van der Waals surface area contributed by atoms with Crippen molar-refractivity contribution in [3.8, 4) is 11.5 Å². The van der Waals surface area contributed by atoms with Crippen LogP contribution in [-0.4, -0.2) is 37.9 Å². The van der Waals surface area contributed by atoms with Gasteiger partial charge in [0.15, 0.2) is 11.5 Å². The summed E-state index contributed by atoms with van der Waals surface area (Å²) in [5, 5.41) is 12.0. The number of aliphatic hydroxyl groups is 1. The van der Waals surface area contributed by atoms with Gasteiger partial charge in [0.1, 0.15) is 0 Å². The molecule has 1 aromatic carbocycles. The van der Waals surface area contributed by atoms with Gasteiger partial charge in [0, 0.05) is 0 Å². The van der Waals surface area contributed by atoms with Crippen molar-refractivity contribution >= 4 is 5.91 Å². The average Bonchev–Trinajstić information content (AvgIpc) is 2.42. The summed E-state index contributed by atoms with van der Waals surface area (Å²) in [4.78, 5) is 12.2. The summed E-state index contributed by atoms with van der Waals surface area (Å²) in [7, 11) is 3.00. The van der Waals surface area contributed by atoms with E-state index < -0.39 is 0 Å². The summed E-state index contributed by atoms with van der Waals surface area (Å²) in [6, 6.07) is 4.82. The summed E-state index contributed by atoms with van der Waals surface area (Å²) in [6.45, 7) is 3.77. The van der Waals surface area contributed by atoms with E-state index in [9.17, 15) is 9.90 Å². The fourth-order valence-corrected chi connectivity index (χ4v) is 1.74. The Morgan fingerprint density at radius 3 is 2.47 bits per heavy atom. The fourth-order valence-electron chi connectivity index (χ4n) is 1.74. The van der Waals surface area contributed by atoms with E-state index >= 15 is 0 Å². The first-order chi connectivity index (χ1) is 9.04. The third-order valence-electron chi connectivity index (χ3n) is 2.97. The lowest BCUT2D eigenvalue weighted by Gasteiger charge is -2.21. The molecule has 0 aliphatic heterocycles. The Balaban J connectivity index is 2.99. The lowest BCUT2D eigenvalue weighted by molar-refractivity contribution is 0.0893. The standard InChI is InChI=1S/C14H21NO4/c1-9(2)11(8-16)15-14(17)10-6-5-7-12(18-3)13(10)19-4/h5-7,9,11,16H,8H2,1-4H3,(H,15,17). The minimum atomic E-state index is -0.289. The number of ether oxygens (including phenoxy) is 2. The maximum Gasteiger partial charge on any atom is 0.255 e. The van der Waals surface area contributed by atoms with Crippen LogP contribution in [0.25, 0.3) is 0 Å². The first kappa shape index (κ1) is 15.3. The van der Waals surface area contributed by atoms with Crippen LogP contribution in [0.3, 0.4) is 0 Å². The quantitative estimate of drug-likeness (QED) is 0.818. The molecule has 0 aromatic heterocycles. The molecule has 2 N–H and O–H groups in total. The highest BCUT2D eigenvalue weighted by molar-refractivity contribution is 5.98. The van der Waals surface area contributed by atoms with Crippen LogP contribution in [0.5, 0.6) is 11.5 Å². The van der Waals surface area contributed by atoms with Crippen LogP contribution >= 0.6 is 0 Å². The van der Waals surface area contributed by atoms with Crippen molar-refractivity contribution in [2.75, 3.05) is 20.8 Å². The molecule has 5 heteroatoms. The smallest absolute Gasteiger partial charge is 0.255 e. The Morgan fingerprint density at radius 2 is 2.00 bits per heavy atom. The van der Waals surface area contributed by atoms with E-state index in [1.165, 1.54) is 14.2 Å². The number of carbonyl (C=O) groups excluding carboxylic acids is 1. The average molecular weight is 267 g/mol. The van der Waals surface area contributed by atoms with E-state index in [1.807, 2.05) is 13.8 Å². The molecular weight excluding hydrogens is 246 g/mol. The summed E-state index contributed by atoms with van der Waals surface area (Å²) in [6.07, 6.45) is 0. The summed E-state index contributed by atoms with van der Waals surface area (Å²) >= 11 is 0. The van der Waals surface area contributed by atoms with Crippen LogP contribution in [0.1, 0.15) is 24.2 Å². The zero-order chi connectivity index (χ0) is 14.4. The van der Waals surface area contributed by atoms with Crippen molar-refractivity contribution < 1.29 is 19.4 Å². The molecule has 1 rings (SSSR count). The predicted molar refractivity (Wildman–Crippen MR) is 72.7 cm³/mol. The third-order valence-corrected chi connectivity index (χ3v) is 2.97. The number of para-hydroxylation sites is 1. The van der Waals surface area contributed by atoms with E-state index in [1.54, 1.807) is 18.2 Å². The summed E-state index contributed by atoms with van der Waals surface area (Å²) < 4.78 is 10.4. The van der Waals surface area contributed by atoms with Crippen LogP contribution in [0.15, 0.2) is 18.2 Å². The molecule has 0 spiro atoms. The molecule has 0 saturated heterocycles. The van der Waals surface area contributed by atoms with Gasteiger partial charge < -0.3 is 19.9 Å². The van der Waals surface area contributed by atoms with Crippen molar-refractivity contribution in [2.24, 2.45) is 5.92 Å². The third kappa shape index (κ3) is 3.61. The summed E-state index contributed by atoms with van der Waals surface area (Å²) in [5.41, 5.74) is 0.390. The van der Waals surface area contributed by atoms with Crippen LogP contribution in [-0.2, 0) is 0 Å². The Bertz CT molecular complexity index is 431. The van der Waals surface area contributed by atoms with Gasteiger partial charge in [-0.3, -0.25) is 4.79 Å². The number of nitrogens with one attached hydrogen (secondary N) is 1. The van der Waals surface area contributed by atoms with Crippen molar-refractivity contribution in [1.82, 2.24) is 5.32 Å². The highest BCUT2D eigenvalue weighted by atomic mass is 16.5. The molecule has 0 radical (unpaired) electrons. The lowest BCUT2D eigenvalue weighted by atomic mass is 10.0. The number of hydrogen-bond donors (Lipinski definition) is 2. The van der Waals surface area contributed by atoms with Crippen LogP contribution in [0.2, 0.25) is 0 Å². The van der Waals surface area contributed by atoms with E-state index in [4.69, 9.17) is 9.47 Å². The Kier molecular flexibility index (Phi) is 5.63. The van der Waals surface area contributed by atoms with Crippen molar-refractivity contribution in [1.29, 1.82) is 0 Å². The zero-order valence-corrected chi connectivity index (χ0v) is 11.8. The van der Waals surface area contributed by atoms with Gasteiger partial charge in [0.25, 0.3) is 5.91 Å². The highest BCUT2D eigenvalue weighted by Crippen LogP contribution is 2.30. The maximum atomic E-state index is 12.2. The van der Waals surface area contributed by atoms with Gasteiger partial charge in [-0.25, -0.2) is 0 Å². The second-order valence-electron chi connectivity index (χ2n) is 4.55. The molecule has 1 atom stereocenters. The van der Waals surface area contributed by atoms with Gasteiger partial charge in [0.05, 0.1) is 32.4 Å². The summed E-state index contributed by atoms with van der Waals surface area (Å²) in [5.74, 6) is 0.747. The van der Waals surface area contributed by atoms with E-state index in [-0.39, 0.29) is 24.5 Å². The Labute approximate surface area is 113 Å². The van der Waals surface area contributed by atoms with Gasteiger partial charge in [0.2, 0.25) is 0 Å². The van der Waals surface area contributed by atoms with E-state index in [0.717, 1.165) is 0 Å². The topological polar surface area (TPSA) is 67.8 Å². The molecule has 0 bridgehead atoms. The molecule has 19 heavy (non-hydrogen) atoms. The fraction of sp³-hybridized carbons (Fsp3) is 0.500. The van der Waals surface area contributed by atoms with Gasteiger partial charge in [-0.2, -0.15) is 0 Å². The highest BCUT2D eigenvalue weighted by Gasteiger charge is 2.20. The molecule has 0 aliphatic carbocycles. The molecule has 1 unspecified atom stereocenters. The number of methoxy groups -OCH3 is 2. The number of benzene rings is 1. The minimum Gasteiger partial charge on any atom is -0.493 e. The molecule has 1 aromatic rings. The van der Waals surface area contributed by atoms with Gasteiger partial charge in [-0.1, -0.05) is 19.9 Å². The van der Waals surface area contributed by atoms with Crippen molar-refractivity contribution in [3.63, 3.8) is 0 Å². The zero-order valence-electron chi connectivity index (χ0n) is 11.8. The van der Waals surface area contributed by atoms with E-state index in [2.05, 4.69) is 5.32 Å². The number of rotatable bonds is 6. The van der Waals surface area contributed by atoms with E-state index in [0.29, 0.717) is 17.1 Å². The first-order valence-electron chi connectivity index (χ1n) is 6.17. The second-order valence-corrected chi connectivity index (χ2v) is 4.55. The molecule has 0 heterocycles. The van der Waals surface area contributed by atoms with Gasteiger partial charge in [-0.15, -0.1) is 0 Å². The number of amides is 1. The van der Waals surface area contributed by atoms with Crippen molar-refractivity contribution in [3.05, 3.63) is 23.8 Å². The molecule has 106 valence electrons. The monoisotopic (exact) mass is 267 g/mol. The molecule has 0 fully saturated rings. The lowest BCUT2D eigenvalue weighted by Crippen LogP contribution is -2.41. The molecule has 0 aliphatic rings. The Hall–Kier alpha value is -1.75. The SMILES string of the molecule is COc1cccc(C(=O)NC(CO)C(C)C)c1OC. The maximum absolute atomic E-state index is 12.2. The molecule has 5 nitrogen and oxygen atoms in total. The molecule has 1 amide bonds. The Morgan fingerprint density at radius 1 is 1.32 bits per heavy atom. The first-order valence-corrected chi connectivity index (χ1v) is 6.17. The number of hydrogen-bond acceptors (Lipinski definition) is 4. The van der Waals surface area contributed by atoms with Crippen LogP contribution in [0, 0.1) is 5.92 Å². The van der Waals surface area contributed by atoms with Gasteiger partial charge in [-0.05, 0) is 18.1 Å². The van der Waals surface area contributed by atoms with Gasteiger partial charge >= 0.3 is 0 Å². The number of carbonyl (C=O) groups is 1. The normalized spacial score (nSPS) is 12.1. The van der Waals surface area contributed by atoms with Crippen LogP contribution in [0.4, 0.5) is 0 Å². The minimum absolute atomic E-state index is 0.101. The predicted octanol–water partition coefficient (Wildman–Crippen LogP) is 1.45. The van der Waals surface area contributed by atoms with Crippen molar-refractivity contribution in [2.45, 2.75) is 19.9 Å². The second kappa shape index (κ2) is 6.99. The van der Waals surface area contributed by atoms with Crippen LogP contribution < -0.4 is 14.8 Å².